The lowest BCUT2D eigenvalue weighted by molar-refractivity contribution is 0.0940. The van der Waals surface area contributed by atoms with Crippen LogP contribution in [0, 0.1) is 0 Å². The van der Waals surface area contributed by atoms with E-state index in [4.69, 9.17) is 28.9 Å². The minimum absolute atomic E-state index is 0.00463. The molecule has 3 nitrogen and oxygen atoms in total. The third-order valence-electron chi connectivity index (χ3n) is 3.10. The fraction of sp³-hybridized carbons (Fsp3) is 0.188. The molecular weight excluding hydrogens is 307 g/mol. The summed E-state index contributed by atoms with van der Waals surface area (Å²) >= 11 is 11.9. The van der Waals surface area contributed by atoms with Crippen LogP contribution < -0.4 is 11.1 Å². The molecule has 2 aromatic rings. The predicted octanol–water partition coefficient (Wildman–Crippen LogP) is 3.94. The zero-order valence-electron chi connectivity index (χ0n) is 11.6. The van der Waals surface area contributed by atoms with Crippen molar-refractivity contribution in [2.45, 2.75) is 19.4 Å². The molecule has 0 heterocycles. The number of hydrogen-bond acceptors (Lipinski definition) is 2. The van der Waals surface area contributed by atoms with Crippen LogP contribution in [0.1, 0.15) is 22.8 Å². The summed E-state index contributed by atoms with van der Waals surface area (Å²) in [5, 5.41) is 3.48. The van der Waals surface area contributed by atoms with Crippen LogP contribution in [0.5, 0.6) is 0 Å². The van der Waals surface area contributed by atoms with Crippen LogP contribution in [-0.4, -0.2) is 11.9 Å². The summed E-state index contributed by atoms with van der Waals surface area (Å²) in [7, 11) is 0. The second-order valence-electron chi connectivity index (χ2n) is 4.92. The molecule has 0 saturated heterocycles. The highest BCUT2D eigenvalue weighted by Gasteiger charge is 2.13. The van der Waals surface area contributed by atoms with Crippen molar-refractivity contribution in [2.75, 3.05) is 5.73 Å². The fourth-order valence-electron chi connectivity index (χ4n) is 2.04. The molecule has 110 valence electrons. The van der Waals surface area contributed by atoms with Crippen molar-refractivity contribution in [3.8, 4) is 0 Å². The normalized spacial score (nSPS) is 12.0. The van der Waals surface area contributed by atoms with Gasteiger partial charge in [0.1, 0.15) is 0 Å². The average molecular weight is 323 g/mol. The molecule has 0 saturated carbocycles. The lowest BCUT2D eigenvalue weighted by atomic mass is 10.1. The first kappa shape index (κ1) is 15.7. The zero-order chi connectivity index (χ0) is 15.4. The van der Waals surface area contributed by atoms with Crippen molar-refractivity contribution >= 4 is 34.8 Å². The molecule has 2 aromatic carbocycles. The van der Waals surface area contributed by atoms with Gasteiger partial charge in [-0.3, -0.25) is 4.79 Å². The smallest absolute Gasteiger partial charge is 0.251 e. The summed E-state index contributed by atoms with van der Waals surface area (Å²) in [4.78, 5) is 12.2. The second kappa shape index (κ2) is 6.83. The Morgan fingerprint density at radius 1 is 1.19 bits per heavy atom. The van der Waals surface area contributed by atoms with Crippen LogP contribution in [-0.2, 0) is 6.42 Å². The highest BCUT2D eigenvalue weighted by molar-refractivity contribution is 6.39. The minimum Gasteiger partial charge on any atom is -0.396 e. The van der Waals surface area contributed by atoms with E-state index in [0.29, 0.717) is 5.56 Å². The monoisotopic (exact) mass is 322 g/mol. The first-order valence-corrected chi connectivity index (χ1v) is 7.32. The van der Waals surface area contributed by atoms with E-state index in [1.54, 1.807) is 0 Å². The Labute approximate surface area is 134 Å². The van der Waals surface area contributed by atoms with Gasteiger partial charge >= 0.3 is 0 Å². The van der Waals surface area contributed by atoms with Gasteiger partial charge in [-0.15, -0.1) is 0 Å². The Morgan fingerprint density at radius 3 is 2.33 bits per heavy atom. The van der Waals surface area contributed by atoms with Crippen LogP contribution in [0.4, 0.5) is 5.69 Å². The van der Waals surface area contributed by atoms with Crippen LogP contribution in [0.15, 0.2) is 42.5 Å². The Bertz CT molecular complexity index is 621. The maximum absolute atomic E-state index is 12.2. The SMILES string of the molecule is CC(Cc1ccccc1)NC(=O)c1cc(Cl)c(N)c(Cl)c1. The Morgan fingerprint density at radius 2 is 1.76 bits per heavy atom. The van der Waals surface area contributed by atoms with Gasteiger partial charge < -0.3 is 11.1 Å². The van der Waals surface area contributed by atoms with Gasteiger partial charge in [0.2, 0.25) is 0 Å². The summed E-state index contributed by atoms with van der Waals surface area (Å²) in [6.45, 7) is 1.95. The van der Waals surface area contributed by atoms with E-state index in [1.165, 1.54) is 17.7 Å². The maximum atomic E-state index is 12.2. The largest absolute Gasteiger partial charge is 0.396 e. The number of nitrogens with two attached hydrogens (primary N) is 1. The van der Waals surface area contributed by atoms with E-state index >= 15 is 0 Å². The number of benzene rings is 2. The van der Waals surface area contributed by atoms with Gasteiger partial charge in [-0.1, -0.05) is 53.5 Å². The van der Waals surface area contributed by atoms with Crippen LogP contribution in [0.3, 0.4) is 0 Å². The molecule has 1 atom stereocenters. The maximum Gasteiger partial charge on any atom is 0.251 e. The van der Waals surface area contributed by atoms with Crippen molar-refractivity contribution in [3.05, 3.63) is 63.6 Å². The highest BCUT2D eigenvalue weighted by atomic mass is 35.5. The number of amides is 1. The molecule has 0 bridgehead atoms. The first-order valence-electron chi connectivity index (χ1n) is 6.56. The lowest BCUT2D eigenvalue weighted by Gasteiger charge is -2.14. The molecule has 0 aliphatic heterocycles. The summed E-state index contributed by atoms with van der Waals surface area (Å²) in [5.41, 5.74) is 7.51. The minimum atomic E-state index is -0.220. The van der Waals surface area contributed by atoms with Crippen LogP contribution in [0.2, 0.25) is 10.0 Å². The Balaban J connectivity index is 2.04. The van der Waals surface area contributed by atoms with Gasteiger partial charge in [-0.05, 0) is 31.0 Å². The molecule has 0 fully saturated rings. The predicted molar refractivity (Wildman–Crippen MR) is 87.9 cm³/mol. The third kappa shape index (κ3) is 4.13. The molecule has 5 heteroatoms. The molecule has 2 rings (SSSR count). The zero-order valence-corrected chi connectivity index (χ0v) is 13.1. The summed E-state index contributed by atoms with van der Waals surface area (Å²) in [6, 6.07) is 13.0. The van der Waals surface area contributed by atoms with Gasteiger partial charge in [-0.25, -0.2) is 0 Å². The van der Waals surface area contributed by atoms with E-state index in [0.717, 1.165) is 6.42 Å². The van der Waals surface area contributed by atoms with Crippen molar-refractivity contribution < 1.29 is 4.79 Å². The summed E-state index contributed by atoms with van der Waals surface area (Å²) < 4.78 is 0. The van der Waals surface area contributed by atoms with Gasteiger partial charge in [0, 0.05) is 11.6 Å². The van der Waals surface area contributed by atoms with Gasteiger partial charge in [0.05, 0.1) is 15.7 Å². The van der Waals surface area contributed by atoms with E-state index in [1.807, 2.05) is 37.3 Å². The number of carbonyl (C=O) groups excluding carboxylic acids is 1. The van der Waals surface area contributed by atoms with Crippen molar-refractivity contribution in [2.24, 2.45) is 0 Å². The van der Waals surface area contributed by atoms with Crippen molar-refractivity contribution in [1.29, 1.82) is 0 Å². The molecule has 0 aliphatic carbocycles. The van der Waals surface area contributed by atoms with E-state index in [9.17, 15) is 4.79 Å². The molecule has 0 aromatic heterocycles. The number of anilines is 1. The molecule has 0 aliphatic rings. The van der Waals surface area contributed by atoms with E-state index in [-0.39, 0.29) is 27.7 Å². The molecule has 3 N–H and O–H groups in total. The number of rotatable bonds is 4. The average Bonchev–Trinajstić information content (AvgIpc) is 2.45. The topological polar surface area (TPSA) is 55.1 Å². The molecule has 0 spiro atoms. The van der Waals surface area contributed by atoms with Crippen molar-refractivity contribution in [3.63, 3.8) is 0 Å². The molecule has 0 radical (unpaired) electrons. The highest BCUT2D eigenvalue weighted by Crippen LogP contribution is 2.28. The standard InChI is InChI=1S/C16H16Cl2N2O/c1-10(7-11-5-3-2-4-6-11)20-16(21)12-8-13(17)15(19)14(18)9-12/h2-6,8-10H,7,19H2,1H3,(H,20,21). The Hall–Kier alpha value is -1.71. The number of carbonyl (C=O) groups is 1. The number of halogens is 2. The number of hydrogen-bond donors (Lipinski definition) is 2. The molecular formula is C16H16Cl2N2O. The second-order valence-corrected chi connectivity index (χ2v) is 5.73. The molecule has 1 unspecified atom stereocenters. The van der Waals surface area contributed by atoms with Gasteiger partial charge in [0.25, 0.3) is 5.91 Å². The van der Waals surface area contributed by atoms with Crippen LogP contribution in [0.25, 0.3) is 0 Å². The lowest BCUT2D eigenvalue weighted by Crippen LogP contribution is -2.34. The molecule has 1 amide bonds. The Kier molecular flexibility index (Phi) is 5.10. The van der Waals surface area contributed by atoms with E-state index < -0.39 is 0 Å². The van der Waals surface area contributed by atoms with Crippen LogP contribution >= 0.6 is 23.2 Å². The molecule has 21 heavy (non-hydrogen) atoms. The first-order chi connectivity index (χ1) is 9.97. The summed E-state index contributed by atoms with van der Waals surface area (Å²) in [5.74, 6) is -0.220. The van der Waals surface area contributed by atoms with Gasteiger partial charge in [-0.2, -0.15) is 0 Å². The number of nitrogen functional groups attached to an aromatic ring is 1. The van der Waals surface area contributed by atoms with Crippen molar-refractivity contribution in [1.82, 2.24) is 5.32 Å². The van der Waals surface area contributed by atoms with E-state index in [2.05, 4.69) is 5.32 Å². The fourth-order valence-corrected chi connectivity index (χ4v) is 2.53. The van der Waals surface area contributed by atoms with Gasteiger partial charge in [0.15, 0.2) is 0 Å². The summed E-state index contributed by atoms with van der Waals surface area (Å²) in [6.07, 6.45) is 0.753. The quantitative estimate of drug-likeness (QED) is 0.838. The third-order valence-corrected chi connectivity index (χ3v) is 3.73. The number of nitrogens with one attached hydrogen (secondary N) is 1.